The monoisotopic (exact) mass is 237 g/mol. The Morgan fingerprint density at radius 2 is 1.94 bits per heavy atom. The Labute approximate surface area is 93.6 Å². The van der Waals surface area contributed by atoms with Gasteiger partial charge >= 0.3 is 6.18 Å². The highest BCUT2D eigenvalue weighted by Gasteiger charge is 2.43. The fourth-order valence-electron chi connectivity index (χ4n) is 2.13. The molecule has 0 saturated heterocycles. The molecule has 5 heteroatoms. The molecule has 1 fully saturated rings. The zero-order valence-corrected chi connectivity index (χ0v) is 9.60. The van der Waals surface area contributed by atoms with E-state index in [9.17, 15) is 18.0 Å². The van der Waals surface area contributed by atoms with E-state index in [0.29, 0.717) is 12.8 Å². The zero-order valence-electron chi connectivity index (χ0n) is 9.60. The lowest BCUT2D eigenvalue weighted by molar-refractivity contribution is -0.186. The van der Waals surface area contributed by atoms with Gasteiger partial charge in [0.05, 0.1) is 5.92 Å². The molecule has 0 heterocycles. The van der Waals surface area contributed by atoms with Crippen LogP contribution in [0.5, 0.6) is 0 Å². The van der Waals surface area contributed by atoms with E-state index in [1.54, 1.807) is 0 Å². The van der Waals surface area contributed by atoms with Crippen molar-refractivity contribution in [2.75, 3.05) is 0 Å². The van der Waals surface area contributed by atoms with Crippen LogP contribution in [0.1, 0.15) is 39.5 Å². The number of amides is 1. The second kappa shape index (κ2) is 5.06. The summed E-state index contributed by atoms with van der Waals surface area (Å²) in [7, 11) is 0. The summed E-state index contributed by atoms with van der Waals surface area (Å²) in [6.45, 7) is 3.62. The molecule has 1 N–H and O–H groups in total. The second-order valence-corrected chi connectivity index (χ2v) is 4.77. The Morgan fingerprint density at radius 1 is 1.31 bits per heavy atom. The van der Waals surface area contributed by atoms with Gasteiger partial charge in [-0.2, -0.15) is 13.2 Å². The number of alkyl halides is 3. The minimum atomic E-state index is -4.16. The average molecular weight is 237 g/mol. The van der Waals surface area contributed by atoms with Gasteiger partial charge in [0.25, 0.3) is 0 Å². The van der Waals surface area contributed by atoms with Crippen molar-refractivity contribution in [1.82, 2.24) is 5.32 Å². The van der Waals surface area contributed by atoms with E-state index in [4.69, 9.17) is 0 Å². The summed E-state index contributed by atoms with van der Waals surface area (Å²) in [5.41, 5.74) is 0. The highest BCUT2D eigenvalue weighted by atomic mass is 19.4. The van der Waals surface area contributed by atoms with Crippen LogP contribution in [0.2, 0.25) is 0 Å². The third-order valence-corrected chi connectivity index (χ3v) is 2.94. The Morgan fingerprint density at radius 3 is 2.44 bits per heavy atom. The molecule has 2 unspecified atom stereocenters. The van der Waals surface area contributed by atoms with Crippen molar-refractivity contribution in [1.29, 1.82) is 0 Å². The molecule has 1 amide bonds. The molecule has 1 aliphatic carbocycles. The normalized spacial score (nSPS) is 26.9. The Hall–Kier alpha value is -0.740. The molecular formula is C11H18F3NO. The second-order valence-electron chi connectivity index (χ2n) is 4.77. The summed E-state index contributed by atoms with van der Waals surface area (Å²) in [5.74, 6) is -2.00. The fourth-order valence-corrected chi connectivity index (χ4v) is 2.13. The minimum absolute atomic E-state index is 0.0150. The van der Waals surface area contributed by atoms with Gasteiger partial charge in [0.15, 0.2) is 0 Å². The minimum Gasteiger partial charge on any atom is -0.354 e. The van der Waals surface area contributed by atoms with E-state index in [-0.39, 0.29) is 24.8 Å². The fraction of sp³-hybridized carbons (Fsp3) is 0.909. The third kappa shape index (κ3) is 3.68. The Bertz CT molecular complexity index is 250. The highest BCUT2D eigenvalue weighted by molar-refractivity contribution is 5.78. The van der Waals surface area contributed by atoms with E-state index in [2.05, 4.69) is 5.32 Å². The van der Waals surface area contributed by atoms with Crippen LogP contribution in [-0.4, -0.2) is 18.1 Å². The summed E-state index contributed by atoms with van der Waals surface area (Å²) in [4.78, 5) is 11.6. The van der Waals surface area contributed by atoms with Crippen LogP contribution in [0.3, 0.4) is 0 Å². The Balaban J connectivity index is 2.54. The molecule has 16 heavy (non-hydrogen) atoms. The molecule has 1 saturated carbocycles. The lowest BCUT2D eigenvalue weighted by atomic mass is 9.80. The predicted molar refractivity (Wildman–Crippen MR) is 54.8 cm³/mol. The van der Waals surface area contributed by atoms with Crippen LogP contribution in [0, 0.1) is 11.8 Å². The number of halogens is 3. The largest absolute Gasteiger partial charge is 0.391 e. The first kappa shape index (κ1) is 13.3. The topological polar surface area (TPSA) is 29.1 Å². The zero-order chi connectivity index (χ0) is 12.3. The average Bonchev–Trinajstić information content (AvgIpc) is 2.15. The van der Waals surface area contributed by atoms with Crippen molar-refractivity contribution < 1.29 is 18.0 Å². The molecule has 2 nitrogen and oxygen atoms in total. The maximum Gasteiger partial charge on any atom is 0.391 e. The van der Waals surface area contributed by atoms with Crippen LogP contribution in [-0.2, 0) is 4.79 Å². The summed E-state index contributed by atoms with van der Waals surface area (Å²) in [6.07, 6.45) is -2.99. The van der Waals surface area contributed by atoms with Gasteiger partial charge in [-0.25, -0.2) is 0 Å². The maximum atomic E-state index is 12.5. The molecule has 0 aromatic rings. The molecule has 0 spiro atoms. The number of rotatable bonds is 2. The lowest BCUT2D eigenvalue weighted by Crippen LogP contribution is -2.39. The number of carbonyl (C=O) groups excluding carboxylic acids is 1. The highest BCUT2D eigenvalue weighted by Crippen LogP contribution is 2.39. The van der Waals surface area contributed by atoms with Gasteiger partial charge < -0.3 is 5.32 Å². The summed E-state index contributed by atoms with van der Waals surface area (Å²) in [6, 6.07) is -0.0150. The predicted octanol–water partition coefficient (Wildman–Crippen LogP) is 2.88. The van der Waals surface area contributed by atoms with Crippen molar-refractivity contribution in [2.24, 2.45) is 11.8 Å². The van der Waals surface area contributed by atoms with E-state index in [1.165, 1.54) is 0 Å². The molecule has 2 atom stereocenters. The molecular weight excluding hydrogens is 219 g/mol. The SMILES string of the molecule is CC(C)NC(=O)C1CCCC(C(F)(F)F)C1. The van der Waals surface area contributed by atoms with Crippen molar-refractivity contribution in [2.45, 2.75) is 51.7 Å². The molecule has 0 bridgehead atoms. The van der Waals surface area contributed by atoms with Crippen molar-refractivity contribution >= 4 is 5.91 Å². The van der Waals surface area contributed by atoms with E-state index in [0.717, 1.165) is 0 Å². The van der Waals surface area contributed by atoms with E-state index < -0.39 is 18.0 Å². The van der Waals surface area contributed by atoms with Crippen molar-refractivity contribution in [3.05, 3.63) is 0 Å². The Kier molecular flexibility index (Phi) is 4.21. The number of carbonyl (C=O) groups is 1. The third-order valence-electron chi connectivity index (χ3n) is 2.94. The molecule has 1 aliphatic rings. The van der Waals surface area contributed by atoms with Gasteiger partial charge in [-0.3, -0.25) is 4.79 Å². The van der Waals surface area contributed by atoms with Gasteiger partial charge in [-0.05, 0) is 33.1 Å². The van der Waals surface area contributed by atoms with Gasteiger partial charge in [0.1, 0.15) is 0 Å². The number of hydrogen-bond donors (Lipinski definition) is 1. The molecule has 94 valence electrons. The van der Waals surface area contributed by atoms with Crippen LogP contribution in [0.15, 0.2) is 0 Å². The first-order valence-corrected chi connectivity index (χ1v) is 5.67. The lowest BCUT2D eigenvalue weighted by Gasteiger charge is -2.30. The van der Waals surface area contributed by atoms with Crippen LogP contribution >= 0.6 is 0 Å². The maximum absolute atomic E-state index is 12.5. The van der Waals surface area contributed by atoms with Gasteiger partial charge in [-0.15, -0.1) is 0 Å². The summed E-state index contributed by atoms with van der Waals surface area (Å²) in [5, 5.41) is 2.68. The molecule has 0 aromatic carbocycles. The van der Waals surface area contributed by atoms with Gasteiger partial charge in [0.2, 0.25) is 5.91 Å². The molecule has 1 rings (SSSR count). The standard InChI is InChI=1S/C11H18F3NO/c1-7(2)15-10(16)8-4-3-5-9(6-8)11(12,13)14/h7-9H,3-6H2,1-2H3,(H,15,16). The van der Waals surface area contributed by atoms with Crippen LogP contribution in [0.25, 0.3) is 0 Å². The summed E-state index contributed by atoms with van der Waals surface area (Å²) < 4.78 is 37.5. The van der Waals surface area contributed by atoms with Crippen LogP contribution in [0.4, 0.5) is 13.2 Å². The quantitative estimate of drug-likeness (QED) is 0.786. The van der Waals surface area contributed by atoms with E-state index in [1.807, 2.05) is 13.8 Å². The summed E-state index contributed by atoms with van der Waals surface area (Å²) >= 11 is 0. The smallest absolute Gasteiger partial charge is 0.354 e. The molecule has 0 aromatic heterocycles. The van der Waals surface area contributed by atoms with Gasteiger partial charge in [0, 0.05) is 12.0 Å². The first-order chi connectivity index (χ1) is 7.30. The number of hydrogen-bond acceptors (Lipinski definition) is 1. The van der Waals surface area contributed by atoms with E-state index >= 15 is 0 Å². The number of nitrogens with one attached hydrogen (secondary N) is 1. The van der Waals surface area contributed by atoms with Gasteiger partial charge in [-0.1, -0.05) is 6.42 Å². The van der Waals surface area contributed by atoms with Crippen molar-refractivity contribution in [3.8, 4) is 0 Å². The van der Waals surface area contributed by atoms with Crippen LogP contribution < -0.4 is 5.32 Å². The first-order valence-electron chi connectivity index (χ1n) is 5.67. The molecule has 0 aliphatic heterocycles. The van der Waals surface area contributed by atoms with Crippen molar-refractivity contribution in [3.63, 3.8) is 0 Å². The molecule has 0 radical (unpaired) electrons.